The van der Waals surface area contributed by atoms with Gasteiger partial charge in [-0.25, -0.2) is 0 Å². The van der Waals surface area contributed by atoms with Crippen molar-refractivity contribution in [3.05, 3.63) is 101 Å². The SMILES string of the molecule is COc1cc(/C=C\c2ccccc2C/C=C\C(=O)c2cn(C)c3ccccc23)cc(OC)c1OC. The number of carbonyl (C=O) groups is 1. The largest absolute Gasteiger partial charge is 0.493 e. The molecule has 5 heteroatoms. The lowest BCUT2D eigenvalue weighted by Crippen LogP contribution is -1.95. The van der Waals surface area contributed by atoms with Crippen LogP contribution in [0.2, 0.25) is 0 Å². The monoisotopic (exact) mass is 467 g/mol. The molecule has 0 N–H and O–H groups in total. The Labute approximate surface area is 205 Å². The van der Waals surface area contributed by atoms with Crippen molar-refractivity contribution in [3.8, 4) is 17.2 Å². The summed E-state index contributed by atoms with van der Waals surface area (Å²) in [6.45, 7) is 0. The highest BCUT2D eigenvalue weighted by atomic mass is 16.5. The Morgan fingerprint density at radius 3 is 2.29 bits per heavy atom. The van der Waals surface area contributed by atoms with Gasteiger partial charge in [-0.2, -0.15) is 0 Å². The summed E-state index contributed by atoms with van der Waals surface area (Å²) in [5, 5.41) is 0.971. The van der Waals surface area contributed by atoms with Crippen LogP contribution in [-0.2, 0) is 13.5 Å². The average molecular weight is 468 g/mol. The lowest BCUT2D eigenvalue weighted by molar-refractivity contribution is 0.104. The molecule has 0 radical (unpaired) electrons. The summed E-state index contributed by atoms with van der Waals surface area (Å²) in [5.41, 5.74) is 4.89. The first-order chi connectivity index (χ1) is 17.0. The van der Waals surface area contributed by atoms with Crippen LogP contribution in [0.25, 0.3) is 23.1 Å². The molecule has 0 amide bonds. The molecular weight excluding hydrogens is 438 g/mol. The van der Waals surface area contributed by atoms with Crippen LogP contribution in [0.5, 0.6) is 17.2 Å². The molecule has 0 aliphatic carbocycles. The minimum absolute atomic E-state index is 0.00671. The summed E-state index contributed by atoms with van der Waals surface area (Å²) in [6, 6.07) is 19.9. The Morgan fingerprint density at radius 1 is 0.886 bits per heavy atom. The molecule has 0 saturated carbocycles. The van der Waals surface area contributed by atoms with Crippen LogP contribution in [0.3, 0.4) is 0 Å². The molecule has 5 nitrogen and oxygen atoms in total. The van der Waals surface area contributed by atoms with Crippen LogP contribution in [0.15, 0.2) is 79.0 Å². The fourth-order valence-electron chi connectivity index (χ4n) is 4.19. The quantitative estimate of drug-likeness (QED) is 0.163. The van der Waals surface area contributed by atoms with Crippen molar-refractivity contribution in [3.63, 3.8) is 0 Å². The average Bonchev–Trinajstić information content (AvgIpc) is 3.23. The number of rotatable bonds is 9. The number of benzene rings is 3. The molecule has 0 saturated heterocycles. The zero-order valence-corrected chi connectivity index (χ0v) is 20.4. The van der Waals surface area contributed by atoms with Crippen molar-refractivity contribution >= 4 is 28.8 Å². The number of methoxy groups -OCH3 is 3. The second-order valence-electron chi connectivity index (χ2n) is 8.13. The zero-order chi connectivity index (χ0) is 24.8. The fourth-order valence-corrected chi connectivity index (χ4v) is 4.19. The number of ketones is 1. The normalized spacial score (nSPS) is 11.4. The third-order valence-electron chi connectivity index (χ3n) is 5.97. The van der Waals surface area contributed by atoms with Gasteiger partial charge in [0.25, 0.3) is 0 Å². The first-order valence-corrected chi connectivity index (χ1v) is 11.4. The summed E-state index contributed by atoms with van der Waals surface area (Å²) >= 11 is 0. The highest BCUT2D eigenvalue weighted by Crippen LogP contribution is 2.38. The van der Waals surface area contributed by atoms with E-state index in [1.54, 1.807) is 27.4 Å². The minimum Gasteiger partial charge on any atom is -0.493 e. The van der Waals surface area contributed by atoms with Crippen molar-refractivity contribution in [2.45, 2.75) is 6.42 Å². The first-order valence-electron chi connectivity index (χ1n) is 11.4. The second-order valence-corrected chi connectivity index (χ2v) is 8.13. The van der Waals surface area contributed by atoms with Crippen LogP contribution >= 0.6 is 0 Å². The highest BCUT2D eigenvalue weighted by Gasteiger charge is 2.13. The maximum atomic E-state index is 12.9. The van der Waals surface area contributed by atoms with Gasteiger partial charge in [-0.3, -0.25) is 4.79 Å². The lowest BCUT2D eigenvalue weighted by Gasteiger charge is -2.13. The molecule has 4 aromatic rings. The molecule has 1 heterocycles. The van der Waals surface area contributed by atoms with Crippen LogP contribution < -0.4 is 14.2 Å². The van der Waals surface area contributed by atoms with Gasteiger partial charge < -0.3 is 18.8 Å². The maximum Gasteiger partial charge on any atom is 0.203 e. The van der Waals surface area contributed by atoms with E-state index in [1.165, 1.54) is 0 Å². The van der Waals surface area contributed by atoms with Gasteiger partial charge in [-0.05, 0) is 47.4 Å². The summed E-state index contributed by atoms with van der Waals surface area (Å²) in [6.07, 6.45) is 10.2. The topological polar surface area (TPSA) is 49.7 Å². The molecule has 0 aliphatic heterocycles. The number of para-hydroxylation sites is 1. The van der Waals surface area contributed by atoms with Gasteiger partial charge in [0.15, 0.2) is 17.3 Å². The van der Waals surface area contributed by atoms with E-state index in [-0.39, 0.29) is 5.78 Å². The molecule has 0 atom stereocenters. The zero-order valence-electron chi connectivity index (χ0n) is 20.4. The van der Waals surface area contributed by atoms with E-state index in [4.69, 9.17) is 14.2 Å². The van der Waals surface area contributed by atoms with Crippen LogP contribution in [0.1, 0.15) is 27.0 Å². The van der Waals surface area contributed by atoms with E-state index < -0.39 is 0 Å². The smallest absolute Gasteiger partial charge is 0.203 e. The van der Waals surface area contributed by atoms with E-state index >= 15 is 0 Å². The molecule has 0 bridgehead atoms. The van der Waals surface area contributed by atoms with Gasteiger partial charge in [0.05, 0.1) is 21.3 Å². The molecular formula is C30H29NO4. The van der Waals surface area contributed by atoms with Gasteiger partial charge in [-0.15, -0.1) is 0 Å². The number of aromatic nitrogens is 1. The van der Waals surface area contributed by atoms with Crippen molar-refractivity contribution in [1.29, 1.82) is 0 Å². The van der Waals surface area contributed by atoms with Gasteiger partial charge in [0.2, 0.25) is 5.75 Å². The van der Waals surface area contributed by atoms with E-state index in [2.05, 4.69) is 18.2 Å². The third kappa shape index (κ3) is 5.14. The Morgan fingerprint density at radius 2 is 1.57 bits per heavy atom. The number of allylic oxidation sites excluding steroid dienone is 2. The number of nitrogens with zero attached hydrogens (tertiary/aromatic N) is 1. The van der Waals surface area contributed by atoms with E-state index in [9.17, 15) is 4.79 Å². The van der Waals surface area contributed by atoms with Crippen molar-refractivity contribution in [2.24, 2.45) is 7.05 Å². The Bertz CT molecular complexity index is 1390. The van der Waals surface area contributed by atoms with Crippen LogP contribution in [-0.4, -0.2) is 31.7 Å². The predicted octanol–water partition coefficient (Wildman–Crippen LogP) is 6.36. The Hall–Kier alpha value is -4.25. The molecule has 0 fully saturated rings. The van der Waals surface area contributed by atoms with Crippen molar-refractivity contribution in [1.82, 2.24) is 4.57 Å². The van der Waals surface area contributed by atoms with E-state index in [0.29, 0.717) is 23.7 Å². The molecule has 4 rings (SSSR count). The number of hydrogen-bond donors (Lipinski definition) is 0. The second kappa shape index (κ2) is 10.8. The predicted molar refractivity (Wildman–Crippen MR) is 142 cm³/mol. The molecule has 1 aromatic heterocycles. The van der Waals surface area contributed by atoms with Crippen molar-refractivity contribution < 1.29 is 19.0 Å². The summed E-state index contributed by atoms with van der Waals surface area (Å²) in [4.78, 5) is 12.9. The summed E-state index contributed by atoms with van der Waals surface area (Å²) in [5.74, 6) is 1.78. The fraction of sp³-hybridized carbons (Fsp3) is 0.167. The van der Waals surface area contributed by atoms with Gasteiger partial charge in [-0.1, -0.05) is 60.7 Å². The maximum absolute atomic E-state index is 12.9. The number of ether oxygens (including phenoxy) is 3. The highest BCUT2D eigenvalue weighted by molar-refractivity contribution is 6.13. The molecule has 35 heavy (non-hydrogen) atoms. The molecule has 0 spiro atoms. The standard InChI is InChI=1S/C30H29NO4/c1-31-20-25(24-13-7-8-14-26(24)31)27(32)15-9-12-22-10-5-6-11-23(22)17-16-21-18-28(33-2)30(35-4)29(19-21)34-3/h5-11,13-20H,12H2,1-4H3/b15-9-,17-16-. The number of hydrogen-bond acceptors (Lipinski definition) is 4. The number of fused-ring (bicyclic) bond motifs is 1. The summed E-state index contributed by atoms with van der Waals surface area (Å²) < 4.78 is 18.3. The minimum atomic E-state index is 0.00671. The van der Waals surface area contributed by atoms with Gasteiger partial charge in [0, 0.05) is 29.7 Å². The Kier molecular flexibility index (Phi) is 7.36. The van der Waals surface area contributed by atoms with Gasteiger partial charge >= 0.3 is 0 Å². The molecule has 0 aliphatic rings. The number of aryl methyl sites for hydroxylation is 1. The Balaban J connectivity index is 1.53. The van der Waals surface area contributed by atoms with Crippen LogP contribution in [0, 0.1) is 0 Å². The first kappa shape index (κ1) is 23.9. The third-order valence-corrected chi connectivity index (χ3v) is 5.97. The van der Waals surface area contributed by atoms with E-state index in [1.807, 2.05) is 78.5 Å². The molecule has 3 aromatic carbocycles. The molecule has 178 valence electrons. The molecule has 0 unspecified atom stereocenters. The summed E-state index contributed by atoms with van der Waals surface area (Å²) in [7, 11) is 6.75. The van der Waals surface area contributed by atoms with E-state index in [0.717, 1.165) is 33.2 Å². The van der Waals surface area contributed by atoms with Crippen molar-refractivity contribution in [2.75, 3.05) is 21.3 Å². The number of carbonyl (C=O) groups excluding carboxylic acids is 1. The van der Waals surface area contributed by atoms with Gasteiger partial charge in [0.1, 0.15) is 0 Å². The lowest BCUT2D eigenvalue weighted by atomic mass is 10.0. The van der Waals surface area contributed by atoms with Crippen LogP contribution in [0.4, 0.5) is 0 Å².